The van der Waals surface area contributed by atoms with Crippen molar-refractivity contribution in [3.63, 3.8) is 0 Å². The molecule has 0 spiro atoms. The number of carbonyl (C=O) groups excluding carboxylic acids is 1. The van der Waals surface area contributed by atoms with Gasteiger partial charge in [0.05, 0.1) is 30.9 Å². The summed E-state index contributed by atoms with van der Waals surface area (Å²) in [7, 11) is 1.36. The first-order valence-electron chi connectivity index (χ1n) is 6.52. The summed E-state index contributed by atoms with van der Waals surface area (Å²) in [5, 5.41) is 11.6. The van der Waals surface area contributed by atoms with Crippen molar-refractivity contribution in [1.82, 2.24) is 4.90 Å². The number of benzene rings is 1. The standard InChI is InChI=1S/C14H15ClF3N3O2/c1-23-5-4-21(9-14(16,17)18)8-13(22)20-12-6-11(15)3-2-10(12)7-19/h2-3,6H,4-5,8-9H2,1H3,(H,20,22). The zero-order valence-corrected chi connectivity index (χ0v) is 13.0. The Labute approximate surface area is 136 Å². The number of ether oxygens (including phenoxy) is 1. The monoisotopic (exact) mass is 349 g/mol. The van der Waals surface area contributed by atoms with E-state index < -0.39 is 25.2 Å². The number of carbonyl (C=O) groups is 1. The van der Waals surface area contributed by atoms with E-state index in [2.05, 4.69) is 5.32 Å². The van der Waals surface area contributed by atoms with Gasteiger partial charge in [-0.15, -0.1) is 0 Å². The maximum Gasteiger partial charge on any atom is 0.401 e. The van der Waals surface area contributed by atoms with E-state index >= 15 is 0 Å². The quantitative estimate of drug-likeness (QED) is 0.822. The molecule has 0 aromatic heterocycles. The molecule has 9 heteroatoms. The van der Waals surface area contributed by atoms with Gasteiger partial charge >= 0.3 is 6.18 Å². The molecule has 0 aliphatic carbocycles. The van der Waals surface area contributed by atoms with E-state index in [0.29, 0.717) is 5.02 Å². The summed E-state index contributed by atoms with van der Waals surface area (Å²) >= 11 is 5.78. The van der Waals surface area contributed by atoms with Gasteiger partial charge in [0.25, 0.3) is 0 Å². The van der Waals surface area contributed by atoms with E-state index in [9.17, 15) is 18.0 Å². The second kappa shape index (κ2) is 8.72. The van der Waals surface area contributed by atoms with E-state index in [-0.39, 0.29) is 24.4 Å². The minimum absolute atomic E-state index is 0.0515. The van der Waals surface area contributed by atoms with Gasteiger partial charge in [-0.25, -0.2) is 0 Å². The second-order valence-electron chi connectivity index (χ2n) is 4.67. The van der Waals surface area contributed by atoms with Crippen molar-refractivity contribution < 1.29 is 22.7 Å². The Bertz CT molecular complexity index is 588. The molecule has 1 N–H and O–H groups in total. The van der Waals surface area contributed by atoms with Crippen LogP contribution >= 0.6 is 11.6 Å². The first-order valence-corrected chi connectivity index (χ1v) is 6.90. The maximum absolute atomic E-state index is 12.5. The lowest BCUT2D eigenvalue weighted by molar-refractivity contribution is -0.149. The summed E-state index contributed by atoms with van der Waals surface area (Å²) in [6.45, 7) is -1.71. The molecule has 0 aliphatic heterocycles. The van der Waals surface area contributed by atoms with Crippen LogP contribution < -0.4 is 5.32 Å². The van der Waals surface area contributed by atoms with Crippen molar-refractivity contribution in [3.05, 3.63) is 28.8 Å². The van der Waals surface area contributed by atoms with Gasteiger partial charge in [0.2, 0.25) is 5.91 Å². The largest absolute Gasteiger partial charge is 0.401 e. The summed E-state index contributed by atoms with van der Waals surface area (Å²) in [6.07, 6.45) is -4.43. The fourth-order valence-electron chi connectivity index (χ4n) is 1.80. The molecule has 0 bridgehead atoms. The van der Waals surface area contributed by atoms with Crippen molar-refractivity contribution >= 4 is 23.2 Å². The lowest BCUT2D eigenvalue weighted by Crippen LogP contribution is -2.41. The van der Waals surface area contributed by atoms with Crippen LogP contribution in [0.5, 0.6) is 0 Å². The van der Waals surface area contributed by atoms with Crippen molar-refractivity contribution in [1.29, 1.82) is 5.26 Å². The average molecular weight is 350 g/mol. The molecule has 0 aliphatic rings. The molecule has 23 heavy (non-hydrogen) atoms. The molecule has 0 heterocycles. The van der Waals surface area contributed by atoms with E-state index in [1.54, 1.807) is 0 Å². The lowest BCUT2D eigenvalue weighted by Gasteiger charge is -2.22. The third kappa shape index (κ3) is 7.32. The average Bonchev–Trinajstić information content (AvgIpc) is 2.43. The van der Waals surface area contributed by atoms with Crippen LogP contribution in [0.25, 0.3) is 0 Å². The van der Waals surface area contributed by atoms with Gasteiger partial charge in [-0.1, -0.05) is 11.6 Å². The van der Waals surface area contributed by atoms with E-state index in [0.717, 1.165) is 4.90 Å². The molecule has 0 fully saturated rings. The van der Waals surface area contributed by atoms with Crippen LogP contribution in [0.15, 0.2) is 18.2 Å². The van der Waals surface area contributed by atoms with Crippen LogP contribution in [-0.4, -0.2) is 50.3 Å². The Kier molecular flexibility index (Phi) is 7.29. The molecule has 5 nitrogen and oxygen atoms in total. The van der Waals surface area contributed by atoms with Gasteiger partial charge in [-0.3, -0.25) is 9.69 Å². The third-order valence-corrected chi connectivity index (χ3v) is 2.99. The van der Waals surface area contributed by atoms with Crippen molar-refractivity contribution in [2.45, 2.75) is 6.18 Å². The number of alkyl halides is 3. The number of nitriles is 1. The lowest BCUT2D eigenvalue weighted by atomic mass is 10.2. The highest BCUT2D eigenvalue weighted by atomic mass is 35.5. The molecule has 0 radical (unpaired) electrons. The number of hydrogen-bond donors (Lipinski definition) is 1. The summed E-state index contributed by atoms with van der Waals surface area (Å²) < 4.78 is 42.3. The SMILES string of the molecule is COCCN(CC(=O)Nc1cc(Cl)ccc1C#N)CC(F)(F)F. The molecule has 1 aromatic carbocycles. The fourth-order valence-corrected chi connectivity index (χ4v) is 1.97. The maximum atomic E-state index is 12.5. The molecule has 0 unspecified atom stereocenters. The molecule has 0 atom stereocenters. The molecule has 0 saturated heterocycles. The van der Waals surface area contributed by atoms with E-state index in [4.69, 9.17) is 21.6 Å². The predicted molar refractivity (Wildman–Crippen MR) is 79.2 cm³/mol. The van der Waals surface area contributed by atoms with Gasteiger partial charge < -0.3 is 10.1 Å². The normalized spacial score (nSPS) is 11.3. The number of halogens is 4. The molecule has 0 saturated carbocycles. The van der Waals surface area contributed by atoms with Crippen LogP contribution in [0.2, 0.25) is 5.02 Å². The molecule has 1 rings (SSSR count). The predicted octanol–water partition coefficient (Wildman–Crippen LogP) is 2.66. The Hall–Kier alpha value is -1.82. The van der Waals surface area contributed by atoms with Gasteiger partial charge in [0.15, 0.2) is 0 Å². The fraction of sp³-hybridized carbons (Fsp3) is 0.429. The molecule has 1 amide bonds. The number of rotatable bonds is 7. The Balaban J connectivity index is 2.75. The Morgan fingerprint density at radius 1 is 1.48 bits per heavy atom. The van der Waals surface area contributed by atoms with Crippen LogP contribution in [0.4, 0.5) is 18.9 Å². The Morgan fingerprint density at radius 2 is 2.17 bits per heavy atom. The number of nitrogens with one attached hydrogen (secondary N) is 1. The zero-order valence-electron chi connectivity index (χ0n) is 12.3. The molecular formula is C14H15ClF3N3O2. The summed E-state index contributed by atoms with van der Waals surface area (Å²) in [4.78, 5) is 12.9. The number of anilines is 1. The van der Waals surface area contributed by atoms with Crippen LogP contribution in [0.3, 0.4) is 0 Å². The number of amides is 1. The first kappa shape index (κ1) is 19.2. The second-order valence-corrected chi connectivity index (χ2v) is 5.10. The van der Waals surface area contributed by atoms with Crippen LogP contribution in [0.1, 0.15) is 5.56 Å². The van der Waals surface area contributed by atoms with Gasteiger partial charge in [0, 0.05) is 18.7 Å². The number of nitrogens with zero attached hydrogens (tertiary/aromatic N) is 2. The number of hydrogen-bond acceptors (Lipinski definition) is 4. The highest BCUT2D eigenvalue weighted by Crippen LogP contribution is 2.21. The van der Waals surface area contributed by atoms with Gasteiger partial charge in [0.1, 0.15) is 6.07 Å². The van der Waals surface area contributed by atoms with E-state index in [1.165, 1.54) is 25.3 Å². The third-order valence-electron chi connectivity index (χ3n) is 2.76. The van der Waals surface area contributed by atoms with Gasteiger partial charge in [-0.05, 0) is 18.2 Å². The van der Waals surface area contributed by atoms with Crippen molar-refractivity contribution in [3.8, 4) is 6.07 Å². The minimum Gasteiger partial charge on any atom is -0.383 e. The minimum atomic E-state index is -4.43. The van der Waals surface area contributed by atoms with Crippen molar-refractivity contribution in [2.75, 3.05) is 38.7 Å². The summed E-state index contributed by atoms with van der Waals surface area (Å²) in [5.74, 6) is -0.677. The highest BCUT2D eigenvalue weighted by Gasteiger charge is 2.31. The smallest absolute Gasteiger partial charge is 0.383 e. The molecule has 126 valence electrons. The Morgan fingerprint density at radius 3 is 2.74 bits per heavy atom. The van der Waals surface area contributed by atoms with Gasteiger partial charge in [-0.2, -0.15) is 18.4 Å². The number of methoxy groups -OCH3 is 1. The first-order chi connectivity index (χ1) is 10.7. The highest BCUT2D eigenvalue weighted by molar-refractivity contribution is 6.31. The topological polar surface area (TPSA) is 65.4 Å². The summed E-state index contributed by atoms with van der Waals surface area (Å²) in [6, 6.07) is 6.12. The van der Waals surface area contributed by atoms with Crippen LogP contribution in [0, 0.1) is 11.3 Å². The van der Waals surface area contributed by atoms with E-state index in [1.807, 2.05) is 6.07 Å². The molecular weight excluding hydrogens is 335 g/mol. The molecule has 1 aromatic rings. The van der Waals surface area contributed by atoms with Crippen LogP contribution in [-0.2, 0) is 9.53 Å². The summed E-state index contributed by atoms with van der Waals surface area (Å²) in [5.41, 5.74) is 0.325. The van der Waals surface area contributed by atoms with Crippen molar-refractivity contribution in [2.24, 2.45) is 0 Å². The zero-order chi connectivity index (χ0) is 17.5.